The highest BCUT2D eigenvalue weighted by Gasteiger charge is 2.23. The van der Waals surface area contributed by atoms with Crippen molar-refractivity contribution in [1.82, 2.24) is 4.90 Å². The fourth-order valence-corrected chi connectivity index (χ4v) is 3.10. The second-order valence-corrected chi connectivity index (χ2v) is 5.76. The summed E-state index contributed by atoms with van der Waals surface area (Å²) in [6.07, 6.45) is 4.62. The van der Waals surface area contributed by atoms with E-state index in [1.54, 1.807) is 12.1 Å². The molecule has 0 aromatic heterocycles. The molecule has 0 radical (unpaired) electrons. The summed E-state index contributed by atoms with van der Waals surface area (Å²) >= 11 is 0. The largest absolute Gasteiger partial charge is 0.330 e. The summed E-state index contributed by atoms with van der Waals surface area (Å²) < 4.78 is 13.2. The van der Waals surface area contributed by atoms with E-state index in [1.807, 2.05) is 6.07 Å². The van der Waals surface area contributed by atoms with E-state index in [1.165, 1.54) is 18.9 Å². The van der Waals surface area contributed by atoms with E-state index in [2.05, 4.69) is 11.8 Å². The summed E-state index contributed by atoms with van der Waals surface area (Å²) in [6, 6.07) is 7.44. The molecular formula is C16H25FN2. The first-order valence-corrected chi connectivity index (χ1v) is 7.37. The molecule has 1 aliphatic rings. The second-order valence-electron chi connectivity index (χ2n) is 5.76. The Morgan fingerprint density at radius 1 is 1.47 bits per heavy atom. The maximum atomic E-state index is 13.2. The third-order valence-electron chi connectivity index (χ3n) is 4.17. The summed E-state index contributed by atoms with van der Waals surface area (Å²) in [5.74, 6) is 0.609. The minimum atomic E-state index is -0.135. The number of benzene rings is 1. The molecule has 1 saturated heterocycles. The van der Waals surface area contributed by atoms with Crippen molar-refractivity contribution in [3.8, 4) is 0 Å². The molecule has 3 heteroatoms. The standard InChI is InChI=1S/C16H25FN2/c1-13(10-15-4-2-6-16(17)11-15)19-9-3-5-14(12-19)7-8-18/h2,4,6,11,13-14H,3,5,7-10,12,18H2,1H3. The van der Waals surface area contributed by atoms with E-state index in [9.17, 15) is 4.39 Å². The first-order chi connectivity index (χ1) is 9.19. The van der Waals surface area contributed by atoms with Gasteiger partial charge in [0.2, 0.25) is 0 Å². The molecule has 0 bridgehead atoms. The van der Waals surface area contributed by atoms with Gasteiger partial charge in [0.05, 0.1) is 0 Å². The van der Waals surface area contributed by atoms with Crippen molar-refractivity contribution in [3.05, 3.63) is 35.6 Å². The average Bonchev–Trinajstić information content (AvgIpc) is 2.39. The van der Waals surface area contributed by atoms with Crippen LogP contribution in [0.1, 0.15) is 31.7 Å². The van der Waals surface area contributed by atoms with Crippen LogP contribution in [0, 0.1) is 11.7 Å². The van der Waals surface area contributed by atoms with Crippen molar-refractivity contribution >= 4 is 0 Å². The number of piperidine rings is 1. The lowest BCUT2D eigenvalue weighted by molar-refractivity contribution is 0.127. The Kier molecular flexibility index (Phi) is 5.34. The number of nitrogens with two attached hydrogens (primary N) is 1. The lowest BCUT2D eigenvalue weighted by Crippen LogP contribution is -2.42. The van der Waals surface area contributed by atoms with Gasteiger partial charge in [0, 0.05) is 12.6 Å². The molecule has 1 fully saturated rings. The van der Waals surface area contributed by atoms with E-state index in [-0.39, 0.29) is 5.82 Å². The van der Waals surface area contributed by atoms with Crippen molar-refractivity contribution < 1.29 is 4.39 Å². The molecule has 1 aromatic carbocycles. The van der Waals surface area contributed by atoms with Gasteiger partial charge in [-0.15, -0.1) is 0 Å². The molecule has 106 valence electrons. The Hall–Kier alpha value is -0.930. The maximum absolute atomic E-state index is 13.2. The molecule has 0 saturated carbocycles. The van der Waals surface area contributed by atoms with Crippen LogP contribution in [0.2, 0.25) is 0 Å². The highest BCUT2D eigenvalue weighted by molar-refractivity contribution is 5.17. The second kappa shape index (κ2) is 7.01. The topological polar surface area (TPSA) is 29.3 Å². The van der Waals surface area contributed by atoms with Gasteiger partial charge in [-0.2, -0.15) is 0 Å². The van der Waals surface area contributed by atoms with Crippen LogP contribution in [-0.2, 0) is 6.42 Å². The fraction of sp³-hybridized carbons (Fsp3) is 0.625. The number of likely N-dealkylation sites (tertiary alicyclic amines) is 1. The Bertz CT molecular complexity index is 392. The van der Waals surface area contributed by atoms with Crippen LogP contribution < -0.4 is 5.73 Å². The summed E-state index contributed by atoms with van der Waals surface area (Å²) in [6.45, 7) is 5.34. The molecule has 2 atom stereocenters. The Morgan fingerprint density at radius 2 is 2.32 bits per heavy atom. The Morgan fingerprint density at radius 3 is 3.05 bits per heavy atom. The van der Waals surface area contributed by atoms with Gasteiger partial charge in [-0.05, 0) is 69.3 Å². The number of hydrogen-bond acceptors (Lipinski definition) is 2. The Balaban J connectivity index is 1.90. The predicted octanol–water partition coefficient (Wildman–Crippen LogP) is 2.82. The smallest absolute Gasteiger partial charge is 0.123 e. The number of hydrogen-bond donors (Lipinski definition) is 1. The van der Waals surface area contributed by atoms with E-state index in [0.717, 1.165) is 44.0 Å². The van der Waals surface area contributed by atoms with E-state index in [4.69, 9.17) is 5.73 Å². The average molecular weight is 264 g/mol. The minimum Gasteiger partial charge on any atom is -0.330 e. The first kappa shape index (κ1) is 14.5. The van der Waals surface area contributed by atoms with Gasteiger partial charge in [-0.3, -0.25) is 0 Å². The van der Waals surface area contributed by atoms with Crippen LogP contribution >= 0.6 is 0 Å². The monoisotopic (exact) mass is 264 g/mol. The molecule has 1 heterocycles. The van der Waals surface area contributed by atoms with Crippen LogP contribution in [0.25, 0.3) is 0 Å². The van der Waals surface area contributed by atoms with Crippen molar-refractivity contribution in [3.63, 3.8) is 0 Å². The van der Waals surface area contributed by atoms with E-state index >= 15 is 0 Å². The third kappa shape index (κ3) is 4.29. The molecule has 2 unspecified atom stereocenters. The molecular weight excluding hydrogens is 239 g/mol. The van der Waals surface area contributed by atoms with Crippen molar-refractivity contribution in [2.24, 2.45) is 11.7 Å². The van der Waals surface area contributed by atoms with Gasteiger partial charge in [0.25, 0.3) is 0 Å². The van der Waals surface area contributed by atoms with E-state index < -0.39 is 0 Å². The zero-order valence-electron chi connectivity index (χ0n) is 11.8. The van der Waals surface area contributed by atoms with Crippen molar-refractivity contribution in [1.29, 1.82) is 0 Å². The SMILES string of the molecule is CC(Cc1cccc(F)c1)N1CCCC(CCN)C1. The van der Waals surface area contributed by atoms with Gasteiger partial charge in [-0.1, -0.05) is 12.1 Å². The third-order valence-corrected chi connectivity index (χ3v) is 4.17. The van der Waals surface area contributed by atoms with Crippen LogP contribution in [0.5, 0.6) is 0 Å². The molecule has 2 rings (SSSR count). The van der Waals surface area contributed by atoms with Gasteiger partial charge in [-0.25, -0.2) is 4.39 Å². The normalized spacial score (nSPS) is 22.4. The maximum Gasteiger partial charge on any atom is 0.123 e. The summed E-state index contributed by atoms with van der Waals surface area (Å²) in [5, 5.41) is 0. The predicted molar refractivity (Wildman–Crippen MR) is 77.5 cm³/mol. The lowest BCUT2D eigenvalue weighted by Gasteiger charge is -2.37. The summed E-state index contributed by atoms with van der Waals surface area (Å²) in [4.78, 5) is 2.54. The van der Waals surface area contributed by atoms with Gasteiger partial charge in [0.1, 0.15) is 5.82 Å². The quantitative estimate of drug-likeness (QED) is 0.886. The van der Waals surface area contributed by atoms with Crippen molar-refractivity contribution in [2.75, 3.05) is 19.6 Å². The molecule has 1 aromatic rings. The van der Waals surface area contributed by atoms with Gasteiger partial charge >= 0.3 is 0 Å². The van der Waals surface area contributed by atoms with Gasteiger partial charge < -0.3 is 10.6 Å². The molecule has 19 heavy (non-hydrogen) atoms. The molecule has 1 aliphatic heterocycles. The minimum absolute atomic E-state index is 0.135. The van der Waals surface area contributed by atoms with Crippen LogP contribution in [0.4, 0.5) is 4.39 Å². The van der Waals surface area contributed by atoms with Crippen molar-refractivity contribution in [2.45, 2.75) is 38.6 Å². The highest BCUT2D eigenvalue weighted by atomic mass is 19.1. The number of halogens is 1. The number of rotatable bonds is 5. The Labute approximate surface area is 115 Å². The van der Waals surface area contributed by atoms with E-state index in [0.29, 0.717) is 6.04 Å². The summed E-state index contributed by atoms with van der Waals surface area (Å²) in [7, 11) is 0. The molecule has 2 N–H and O–H groups in total. The van der Waals surface area contributed by atoms with Crippen LogP contribution in [-0.4, -0.2) is 30.6 Å². The fourth-order valence-electron chi connectivity index (χ4n) is 3.10. The van der Waals surface area contributed by atoms with Gasteiger partial charge in [0.15, 0.2) is 0 Å². The van der Waals surface area contributed by atoms with Crippen LogP contribution in [0.3, 0.4) is 0 Å². The zero-order valence-corrected chi connectivity index (χ0v) is 11.8. The first-order valence-electron chi connectivity index (χ1n) is 7.37. The molecule has 0 amide bonds. The molecule has 0 spiro atoms. The summed E-state index contributed by atoms with van der Waals surface area (Å²) in [5.41, 5.74) is 6.75. The van der Waals surface area contributed by atoms with Crippen LogP contribution in [0.15, 0.2) is 24.3 Å². The molecule has 2 nitrogen and oxygen atoms in total. The zero-order chi connectivity index (χ0) is 13.7. The highest BCUT2D eigenvalue weighted by Crippen LogP contribution is 2.22. The lowest BCUT2D eigenvalue weighted by atomic mass is 9.93. The molecule has 0 aliphatic carbocycles. The number of nitrogens with zero attached hydrogens (tertiary/aromatic N) is 1.